The lowest BCUT2D eigenvalue weighted by molar-refractivity contribution is -0.109. The maximum atomic E-state index is 6.30. The Hall–Kier alpha value is -0.690. The summed E-state index contributed by atoms with van der Waals surface area (Å²) in [5.41, 5.74) is 9.50. The number of hydrogen-bond donors (Lipinski definition) is 1. The third-order valence-electron chi connectivity index (χ3n) is 6.24. The van der Waals surface area contributed by atoms with E-state index in [1.807, 2.05) is 6.07 Å². The Balaban J connectivity index is 1.82. The van der Waals surface area contributed by atoms with E-state index < -0.39 is 0 Å². The van der Waals surface area contributed by atoms with E-state index in [4.69, 9.17) is 17.3 Å². The SMILES string of the molecule is CC12CC3CC(C)(C1)CC(c1ccc(N)c(Cl)c1)(C3)C2. The first-order valence-corrected chi connectivity index (χ1v) is 8.25. The minimum atomic E-state index is 0.361. The molecule has 4 fully saturated rings. The molecule has 1 aromatic rings. The van der Waals surface area contributed by atoms with E-state index in [9.17, 15) is 0 Å². The van der Waals surface area contributed by atoms with Crippen molar-refractivity contribution < 1.29 is 0 Å². The summed E-state index contributed by atoms with van der Waals surface area (Å²) >= 11 is 6.30. The van der Waals surface area contributed by atoms with E-state index in [2.05, 4.69) is 26.0 Å². The van der Waals surface area contributed by atoms with Gasteiger partial charge >= 0.3 is 0 Å². The number of halogens is 1. The van der Waals surface area contributed by atoms with Crippen molar-refractivity contribution >= 4 is 17.3 Å². The molecule has 0 aromatic heterocycles. The highest BCUT2D eigenvalue weighted by molar-refractivity contribution is 6.33. The molecule has 4 bridgehead atoms. The van der Waals surface area contributed by atoms with Crippen LogP contribution in [0.5, 0.6) is 0 Å². The fraction of sp³-hybridized carbons (Fsp3) is 0.667. The van der Waals surface area contributed by atoms with Gasteiger partial charge in [0.15, 0.2) is 0 Å². The smallest absolute Gasteiger partial charge is 0.0638 e. The summed E-state index contributed by atoms with van der Waals surface area (Å²) in [5.74, 6) is 0.914. The van der Waals surface area contributed by atoms with Crippen LogP contribution in [0, 0.1) is 16.7 Å². The summed E-state index contributed by atoms with van der Waals surface area (Å²) < 4.78 is 0. The molecule has 4 saturated carbocycles. The second-order valence-electron chi connectivity index (χ2n) is 8.65. The van der Waals surface area contributed by atoms with Crippen molar-refractivity contribution in [3.8, 4) is 0 Å². The molecule has 0 heterocycles. The van der Waals surface area contributed by atoms with Crippen molar-refractivity contribution in [2.45, 2.75) is 57.8 Å². The Morgan fingerprint density at radius 3 is 2.25 bits per heavy atom. The number of rotatable bonds is 1. The molecule has 0 amide bonds. The maximum absolute atomic E-state index is 6.30. The second-order valence-corrected chi connectivity index (χ2v) is 9.05. The Kier molecular flexibility index (Phi) is 2.43. The largest absolute Gasteiger partial charge is 0.398 e. The van der Waals surface area contributed by atoms with Gasteiger partial charge in [-0.3, -0.25) is 0 Å². The number of hydrogen-bond acceptors (Lipinski definition) is 1. The van der Waals surface area contributed by atoms with E-state index in [0.717, 1.165) is 10.9 Å². The summed E-state index contributed by atoms with van der Waals surface area (Å²) in [6.45, 7) is 5.03. The molecular formula is C18H24ClN. The monoisotopic (exact) mass is 289 g/mol. The predicted octanol–water partition coefficient (Wildman–Crippen LogP) is 5.17. The van der Waals surface area contributed by atoms with Gasteiger partial charge in [-0.05, 0) is 78.4 Å². The predicted molar refractivity (Wildman–Crippen MR) is 84.9 cm³/mol. The zero-order valence-electron chi connectivity index (χ0n) is 12.5. The zero-order valence-corrected chi connectivity index (χ0v) is 13.3. The zero-order chi connectivity index (χ0) is 14.2. The third-order valence-corrected chi connectivity index (χ3v) is 6.57. The van der Waals surface area contributed by atoms with Crippen molar-refractivity contribution in [2.75, 3.05) is 5.73 Å². The summed E-state index contributed by atoms with van der Waals surface area (Å²) in [6, 6.07) is 6.39. The van der Waals surface area contributed by atoms with Crippen LogP contribution in [-0.2, 0) is 5.41 Å². The lowest BCUT2D eigenvalue weighted by Gasteiger charge is -2.65. The van der Waals surface area contributed by atoms with Crippen LogP contribution in [0.2, 0.25) is 5.02 Å². The minimum Gasteiger partial charge on any atom is -0.398 e. The van der Waals surface area contributed by atoms with E-state index in [-0.39, 0.29) is 0 Å². The van der Waals surface area contributed by atoms with Crippen molar-refractivity contribution in [3.63, 3.8) is 0 Å². The van der Waals surface area contributed by atoms with Crippen LogP contribution in [0.15, 0.2) is 18.2 Å². The van der Waals surface area contributed by atoms with Crippen LogP contribution < -0.4 is 5.73 Å². The quantitative estimate of drug-likeness (QED) is 0.709. The van der Waals surface area contributed by atoms with Crippen molar-refractivity contribution in [2.24, 2.45) is 16.7 Å². The molecule has 2 atom stereocenters. The molecule has 5 rings (SSSR count). The van der Waals surface area contributed by atoms with Crippen LogP contribution in [0.4, 0.5) is 5.69 Å². The Morgan fingerprint density at radius 2 is 1.70 bits per heavy atom. The first-order chi connectivity index (χ1) is 9.32. The van der Waals surface area contributed by atoms with Gasteiger partial charge in [0.2, 0.25) is 0 Å². The summed E-state index contributed by atoms with van der Waals surface area (Å²) in [6.07, 6.45) is 8.33. The van der Waals surface area contributed by atoms with Crippen LogP contribution in [0.1, 0.15) is 57.9 Å². The molecule has 0 spiro atoms. The molecule has 0 aliphatic heterocycles. The van der Waals surface area contributed by atoms with Crippen LogP contribution in [-0.4, -0.2) is 0 Å². The summed E-state index contributed by atoms with van der Waals surface area (Å²) in [5, 5.41) is 0.730. The third kappa shape index (κ3) is 1.75. The van der Waals surface area contributed by atoms with Crippen LogP contribution in [0.3, 0.4) is 0 Å². The standard InChI is InChI=1S/C18H24ClN/c1-16-6-12-7-17(2,9-16)11-18(8-12,10-16)13-3-4-15(20)14(19)5-13/h3-5,12H,6-11,20H2,1-2H3. The Morgan fingerprint density at radius 1 is 1.05 bits per heavy atom. The highest BCUT2D eigenvalue weighted by Gasteiger charge is 2.60. The lowest BCUT2D eigenvalue weighted by Crippen LogP contribution is -2.56. The number of nitrogens with two attached hydrogens (primary N) is 1. The second kappa shape index (κ2) is 3.74. The Labute approximate surface area is 126 Å². The molecule has 2 N–H and O–H groups in total. The fourth-order valence-corrected chi connectivity index (χ4v) is 6.81. The van der Waals surface area contributed by atoms with Crippen molar-refractivity contribution in [3.05, 3.63) is 28.8 Å². The van der Waals surface area contributed by atoms with E-state index >= 15 is 0 Å². The average Bonchev–Trinajstić information content (AvgIpc) is 2.27. The molecule has 0 saturated heterocycles. The van der Waals surface area contributed by atoms with Crippen LogP contribution >= 0.6 is 11.6 Å². The van der Waals surface area contributed by atoms with E-state index in [1.54, 1.807) is 0 Å². The molecule has 1 nitrogen and oxygen atoms in total. The van der Waals surface area contributed by atoms with Gasteiger partial charge in [0, 0.05) is 0 Å². The molecule has 20 heavy (non-hydrogen) atoms. The Bertz CT molecular complexity index is 561. The molecule has 1 aromatic carbocycles. The minimum absolute atomic E-state index is 0.361. The molecule has 4 aliphatic rings. The van der Waals surface area contributed by atoms with Gasteiger partial charge in [0.05, 0.1) is 10.7 Å². The first-order valence-electron chi connectivity index (χ1n) is 7.87. The van der Waals surface area contributed by atoms with Gasteiger partial charge in [-0.15, -0.1) is 0 Å². The maximum Gasteiger partial charge on any atom is 0.0638 e. The van der Waals surface area contributed by atoms with Crippen LogP contribution in [0.25, 0.3) is 0 Å². The number of nitrogen functional groups attached to an aromatic ring is 1. The number of benzene rings is 1. The highest BCUT2D eigenvalue weighted by atomic mass is 35.5. The molecule has 4 aliphatic carbocycles. The summed E-state index contributed by atoms with van der Waals surface area (Å²) in [7, 11) is 0. The summed E-state index contributed by atoms with van der Waals surface area (Å²) in [4.78, 5) is 0. The molecule has 108 valence electrons. The van der Waals surface area contributed by atoms with Gasteiger partial charge in [-0.25, -0.2) is 0 Å². The topological polar surface area (TPSA) is 26.0 Å². The molecule has 2 heteroatoms. The molecular weight excluding hydrogens is 266 g/mol. The normalized spacial score (nSPS) is 45.9. The van der Waals surface area contributed by atoms with Gasteiger partial charge in [-0.2, -0.15) is 0 Å². The van der Waals surface area contributed by atoms with Crippen molar-refractivity contribution in [1.29, 1.82) is 0 Å². The average molecular weight is 290 g/mol. The van der Waals surface area contributed by atoms with Gasteiger partial charge in [0.25, 0.3) is 0 Å². The number of anilines is 1. The van der Waals surface area contributed by atoms with Crippen molar-refractivity contribution in [1.82, 2.24) is 0 Å². The first kappa shape index (κ1) is 13.0. The van der Waals surface area contributed by atoms with Gasteiger partial charge in [-0.1, -0.05) is 31.5 Å². The van der Waals surface area contributed by atoms with E-state index in [1.165, 1.54) is 44.1 Å². The fourth-order valence-electron chi connectivity index (χ4n) is 6.63. The molecule has 2 unspecified atom stereocenters. The molecule has 0 radical (unpaired) electrons. The van der Waals surface area contributed by atoms with E-state index in [0.29, 0.717) is 21.9 Å². The van der Waals surface area contributed by atoms with Gasteiger partial charge < -0.3 is 5.73 Å². The van der Waals surface area contributed by atoms with Gasteiger partial charge in [0.1, 0.15) is 0 Å². The highest BCUT2D eigenvalue weighted by Crippen LogP contribution is 2.69. The lowest BCUT2D eigenvalue weighted by atomic mass is 9.39.